The number of ether oxygens (including phenoxy) is 1. The third kappa shape index (κ3) is 2.51. The molecule has 1 atom stereocenters. The van der Waals surface area contributed by atoms with Crippen molar-refractivity contribution < 1.29 is 9.26 Å². The molecule has 1 fully saturated rings. The second kappa shape index (κ2) is 5.18. The van der Waals surface area contributed by atoms with E-state index in [0.29, 0.717) is 25.0 Å². The van der Waals surface area contributed by atoms with Crippen LogP contribution in [0.2, 0.25) is 0 Å². The molecule has 0 bridgehead atoms. The van der Waals surface area contributed by atoms with Crippen LogP contribution in [0, 0.1) is 0 Å². The molecule has 0 aliphatic carbocycles. The molecule has 5 nitrogen and oxygen atoms in total. The van der Waals surface area contributed by atoms with E-state index < -0.39 is 0 Å². The van der Waals surface area contributed by atoms with Gasteiger partial charge in [-0.1, -0.05) is 23.4 Å². The minimum absolute atomic E-state index is 0.291. The third-order valence-electron chi connectivity index (χ3n) is 3.00. The van der Waals surface area contributed by atoms with Gasteiger partial charge >= 0.3 is 0 Å². The Bertz CT molecular complexity index is 492. The molecule has 0 saturated carbocycles. The van der Waals surface area contributed by atoms with E-state index in [1.165, 1.54) is 0 Å². The van der Waals surface area contributed by atoms with Crippen LogP contribution < -0.4 is 5.32 Å². The van der Waals surface area contributed by atoms with Gasteiger partial charge in [0.1, 0.15) is 0 Å². The summed E-state index contributed by atoms with van der Waals surface area (Å²) in [7, 11) is 0. The number of aromatic nitrogens is 2. The van der Waals surface area contributed by atoms with E-state index in [-0.39, 0.29) is 0 Å². The van der Waals surface area contributed by atoms with E-state index in [1.54, 1.807) is 0 Å². The second-order valence-corrected chi connectivity index (χ2v) is 4.33. The van der Waals surface area contributed by atoms with E-state index in [9.17, 15) is 0 Å². The minimum Gasteiger partial charge on any atom is -0.381 e. The van der Waals surface area contributed by atoms with Crippen LogP contribution in [0.5, 0.6) is 0 Å². The van der Waals surface area contributed by atoms with Crippen molar-refractivity contribution in [3.05, 3.63) is 42.0 Å². The van der Waals surface area contributed by atoms with E-state index in [0.717, 1.165) is 24.5 Å². The first kappa shape index (κ1) is 11.2. The van der Waals surface area contributed by atoms with Crippen LogP contribution in [-0.4, -0.2) is 23.4 Å². The lowest BCUT2D eigenvalue weighted by molar-refractivity contribution is 0.192. The fraction of sp³-hybridized carbons (Fsp3) is 0.385. The molecule has 0 amide bonds. The summed E-state index contributed by atoms with van der Waals surface area (Å²) >= 11 is 0. The van der Waals surface area contributed by atoms with E-state index >= 15 is 0 Å². The summed E-state index contributed by atoms with van der Waals surface area (Å²) in [5.74, 6) is 1.66. The Labute approximate surface area is 105 Å². The van der Waals surface area contributed by atoms with Gasteiger partial charge in [0.05, 0.1) is 13.2 Å². The summed E-state index contributed by atoms with van der Waals surface area (Å²) in [5.41, 5.74) is 1.04. The Morgan fingerprint density at radius 2 is 2.17 bits per heavy atom. The summed E-state index contributed by atoms with van der Waals surface area (Å²) in [6.07, 6.45) is 0.977. The van der Waals surface area contributed by atoms with Gasteiger partial charge < -0.3 is 14.6 Å². The molecule has 2 aromatic rings. The number of para-hydroxylation sites is 1. The molecule has 94 valence electrons. The molecule has 5 heteroatoms. The molecule has 1 unspecified atom stereocenters. The highest BCUT2D eigenvalue weighted by Crippen LogP contribution is 2.22. The maximum absolute atomic E-state index is 5.31. The average Bonchev–Trinajstić information content (AvgIpc) is 3.08. The average molecular weight is 245 g/mol. The molecule has 1 saturated heterocycles. The topological polar surface area (TPSA) is 60.2 Å². The predicted molar refractivity (Wildman–Crippen MR) is 66.2 cm³/mol. The van der Waals surface area contributed by atoms with Crippen LogP contribution in [0.25, 0.3) is 0 Å². The number of benzene rings is 1. The fourth-order valence-corrected chi connectivity index (χ4v) is 1.98. The highest BCUT2D eigenvalue weighted by Gasteiger charge is 2.22. The standard InChI is InChI=1S/C13H15N3O2/c1-2-4-11(5-3-1)14-8-12-15-13(16-18-12)10-6-7-17-9-10/h1-5,10,14H,6-9H2. The van der Waals surface area contributed by atoms with E-state index in [1.807, 2.05) is 30.3 Å². The normalized spacial score (nSPS) is 19.0. The quantitative estimate of drug-likeness (QED) is 0.894. The molecule has 1 aromatic heterocycles. The molecule has 2 heterocycles. The summed E-state index contributed by atoms with van der Waals surface area (Å²) in [6.45, 7) is 2.03. The molecule has 0 radical (unpaired) electrons. The first-order valence-electron chi connectivity index (χ1n) is 6.11. The smallest absolute Gasteiger partial charge is 0.245 e. The SMILES string of the molecule is c1ccc(NCc2nc(C3CCOC3)no2)cc1. The van der Waals surface area contributed by atoms with Crippen molar-refractivity contribution in [3.8, 4) is 0 Å². The van der Waals surface area contributed by atoms with Crippen molar-refractivity contribution in [2.24, 2.45) is 0 Å². The number of anilines is 1. The van der Waals surface area contributed by atoms with Crippen molar-refractivity contribution in [1.29, 1.82) is 0 Å². The van der Waals surface area contributed by atoms with Gasteiger partial charge in [-0.2, -0.15) is 4.98 Å². The van der Waals surface area contributed by atoms with Crippen molar-refractivity contribution in [3.63, 3.8) is 0 Å². The zero-order valence-electron chi connectivity index (χ0n) is 10.0. The molecule has 1 aliphatic heterocycles. The van der Waals surface area contributed by atoms with Crippen LogP contribution >= 0.6 is 0 Å². The molecule has 1 N–H and O–H groups in total. The maximum Gasteiger partial charge on any atom is 0.245 e. The first-order valence-corrected chi connectivity index (χ1v) is 6.11. The zero-order valence-corrected chi connectivity index (χ0v) is 10.0. The summed E-state index contributed by atoms with van der Waals surface area (Å²) in [4.78, 5) is 4.39. The number of hydrogen-bond acceptors (Lipinski definition) is 5. The molecule has 1 aromatic carbocycles. The lowest BCUT2D eigenvalue weighted by Gasteiger charge is -2.01. The van der Waals surface area contributed by atoms with Crippen LogP contribution in [0.4, 0.5) is 5.69 Å². The van der Waals surface area contributed by atoms with Crippen molar-refractivity contribution >= 4 is 5.69 Å². The van der Waals surface area contributed by atoms with Crippen LogP contribution in [0.15, 0.2) is 34.9 Å². The van der Waals surface area contributed by atoms with E-state index in [4.69, 9.17) is 9.26 Å². The highest BCUT2D eigenvalue weighted by molar-refractivity contribution is 5.42. The number of hydrogen-bond donors (Lipinski definition) is 1. The molecule has 3 rings (SSSR count). The van der Waals surface area contributed by atoms with Crippen molar-refractivity contribution in [2.45, 2.75) is 18.9 Å². The van der Waals surface area contributed by atoms with Gasteiger partial charge in [0, 0.05) is 18.2 Å². The Morgan fingerprint density at radius 1 is 1.28 bits per heavy atom. The van der Waals surface area contributed by atoms with Gasteiger partial charge in [-0.15, -0.1) is 0 Å². The van der Waals surface area contributed by atoms with Crippen LogP contribution in [0.3, 0.4) is 0 Å². The third-order valence-corrected chi connectivity index (χ3v) is 3.00. The lowest BCUT2D eigenvalue weighted by atomic mass is 10.1. The first-order chi connectivity index (χ1) is 8.92. The Balaban J connectivity index is 1.60. The van der Waals surface area contributed by atoms with Gasteiger partial charge in [0.15, 0.2) is 5.82 Å². The largest absolute Gasteiger partial charge is 0.381 e. The van der Waals surface area contributed by atoms with Gasteiger partial charge in [-0.05, 0) is 18.6 Å². The monoisotopic (exact) mass is 245 g/mol. The Kier molecular flexibility index (Phi) is 3.23. The maximum atomic E-state index is 5.31. The second-order valence-electron chi connectivity index (χ2n) is 4.33. The van der Waals surface area contributed by atoms with Crippen LogP contribution in [0.1, 0.15) is 24.1 Å². The molecule has 18 heavy (non-hydrogen) atoms. The molecule has 0 spiro atoms. The lowest BCUT2D eigenvalue weighted by Crippen LogP contribution is -2.02. The van der Waals surface area contributed by atoms with Gasteiger partial charge in [0.25, 0.3) is 0 Å². The summed E-state index contributed by atoms with van der Waals surface area (Å²) in [5, 5.41) is 7.24. The van der Waals surface area contributed by atoms with Crippen molar-refractivity contribution in [2.75, 3.05) is 18.5 Å². The van der Waals surface area contributed by atoms with E-state index in [2.05, 4.69) is 15.5 Å². The van der Waals surface area contributed by atoms with Crippen LogP contribution in [-0.2, 0) is 11.3 Å². The van der Waals surface area contributed by atoms with Gasteiger partial charge in [0.2, 0.25) is 5.89 Å². The number of nitrogens with zero attached hydrogens (tertiary/aromatic N) is 2. The predicted octanol–water partition coefficient (Wildman–Crippen LogP) is 2.19. The Morgan fingerprint density at radius 3 is 2.94 bits per heavy atom. The Hall–Kier alpha value is -1.88. The fourth-order valence-electron chi connectivity index (χ4n) is 1.98. The highest BCUT2D eigenvalue weighted by atomic mass is 16.5. The van der Waals surface area contributed by atoms with Crippen molar-refractivity contribution in [1.82, 2.24) is 10.1 Å². The molecular formula is C13H15N3O2. The summed E-state index contributed by atoms with van der Waals surface area (Å²) < 4.78 is 10.5. The molecule has 1 aliphatic rings. The number of nitrogens with one attached hydrogen (secondary N) is 1. The van der Waals surface area contributed by atoms with Gasteiger partial charge in [-0.3, -0.25) is 0 Å². The zero-order chi connectivity index (χ0) is 12.2. The minimum atomic E-state index is 0.291. The molecular weight excluding hydrogens is 230 g/mol. The summed E-state index contributed by atoms with van der Waals surface area (Å²) in [6, 6.07) is 9.95. The van der Waals surface area contributed by atoms with Gasteiger partial charge in [-0.25, -0.2) is 0 Å². The number of rotatable bonds is 4.